The van der Waals surface area contributed by atoms with Crippen molar-refractivity contribution in [2.75, 3.05) is 39.8 Å². The van der Waals surface area contributed by atoms with E-state index in [9.17, 15) is 4.79 Å². The Morgan fingerprint density at radius 3 is 2.52 bits per heavy atom. The molecule has 1 unspecified atom stereocenters. The average Bonchev–Trinajstić information content (AvgIpc) is 2.93. The van der Waals surface area contributed by atoms with Crippen molar-refractivity contribution in [1.29, 1.82) is 0 Å². The summed E-state index contributed by atoms with van der Waals surface area (Å²) >= 11 is 0. The third-order valence-electron chi connectivity index (χ3n) is 4.11. The molecule has 1 aliphatic rings. The Labute approximate surface area is 126 Å². The third kappa shape index (κ3) is 4.04. The van der Waals surface area contributed by atoms with Gasteiger partial charge in [0.1, 0.15) is 0 Å². The van der Waals surface area contributed by atoms with E-state index in [4.69, 9.17) is 5.73 Å². The quantitative estimate of drug-likeness (QED) is 0.851. The molecule has 118 valence electrons. The lowest BCUT2D eigenvalue weighted by atomic mass is 9.99. The van der Waals surface area contributed by atoms with Crippen LogP contribution in [-0.2, 0) is 11.2 Å². The van der Waals surface area contributed by atoms with Crippen LogP contribution < -0.4 is 5.73 Å². The van der Waals surface area contributed by atoms with Gasteiger partial charge in [0.05, 0.1) is 12.1 Å². The monoisotopic (exact) mass is 293 g/mol. The predicted octanol–water partition coefficient (Wildman–Crippen LogP) is 0.355. The third-order valence-corrected chi connectivity index (χ3v) is 4.11. The lowest BCUT2D eigenvalue weighted by Crippen LogP contribution is -2.50. The van der Waals surface area contributed by atoms with E-state index in [-0.39, 0.29) is 11.8 Å². The van der Waals surface area contributed by atoms with E-state index in [1.807, 2.05) is 22.0 Å². The Morgan fingerprint density at radius 1 is 1.33 bits per heavy atom. The summed E-state index contributed by atoms with van der Waals surface area (Å²) in [6, 6.07) is 0.336. The second kappa shape index (κ2) is 7.04. The Balaban J connectivity index is 1.96. The van der Waals surface area contributed by atoms with Crippen molar-refractivity contribution < 1.29 is 4.79 Å². The maximum Gasteiger partial charge on any atom is 0.227 e. The molecule has 2 rings (SSSR count). The average molecular weight is 293 g/mol. The first kappa shape index (κ1) is 16.0. The zero-order chi connectivity index (χ0) is 15.4. The minimum Gasteiger partial charge on any atom is -0.340 e. The lowest BCUT2D eigenvalue weighted by molar-refractivity contribution is -0.136. The number of piperazine rings is 1. The van der Waals surface area contributed by atoms with Gasteiger partial charge in [0.2, 0.25) is 5.91 Å². The molecule has 1 aromatic rings. The summed E-state index contributed by atoms with van der Waals surface area (Å²) in [5.74, 6) is 0.0427. The SMILES string of the molecule is CC(C)n1cc(CC(CN)C(=O)N2CCN(C)CC2)cn1. The molecule has 0 aliphatic carbocycles. The molecule has 2 heterocycles. The normalized spacial score (nSPS) is 18.2. The highest BCUT2D eigenvalue weighted by molar-refractivity contribution is 5.79. The molecule has 1 aliphatic heterocycles. The maximum absolute atomic E-state index is 12.6. The van der Waals surface area contributed by atoms with Crippen LogP contribution in [0.2, 0.25) is 0 Å². The molecule has 2 N–H and O–H groups in total. The van der Waals surface area contributed by atoms with Gasteiger partial charge in [-0.05, 0) is 32.9 Å². The highest BCUT2D eigenvalue weighted by Gasteiger charge is 2.26. The Hall–Kier alpha value is -1.40. The molecular weight excluding hydrogens is 266 g/mol. The Kier molecular flexibility index (Phi) is 5.36. The minimum atomic E-state index is -0.141. The van der Waals surface area contributed by atoms with Crippen LogP contribution in [0.1, 0.15) is 25.5 Å². The van der Waals surface area contributed by atoms with Gasteiger partial charge in [0.25, 0.3) is 0 Å². The predicted molar refractivity (Wildman–Crippen MR) is 82.9 cm³/mol. The number of aromatic nitrogens is 2. The molecule has 0 spiro atoms. The van der Waals surface area contributed by atoms with Gasteiger partial charge in [-0.1, -0.05) is 0 Å². The van der Waals surface area contributed by atoms with Crippen LogP contribution in [0.15, 0.2) is 12.4 Å². The van der Waals surface area contributed by atoms with Crippen LogP contribution in [0.25, 0.3) is 0 Å². The summed E-state index contributed by atoms with van der Waals surface area (Å²) in [7, 11) is 2.09. The van der Waals surface area contributed by atoms with E-state index >= 15 is 0 Å². The summed E-state index contributed by atoms with van der Waals surface area (Å²) in [5.41, 5.74) is 6.92. The number of carbonyl (C=O) groups excluding carboxylic acids is 1. The number of hydrogen-bond donors (Lipinski definition) is 1. The largest absolute Gasteiger partial charge is 0.340 e. The first-order valence-corrected chi connectivity index (χ1v) is 7.71. The smallest absolute Gasteiger partial charge is 0.227 e. The fourth-order valence-electron chi connectivity index (χ4n) is 2.61. The van der Waals surface area contributed by atoms with Crippen LogP contribution >= 0.6 is 0 Å². The van der Waals surface area contributed by atoms with E-state index < -0.39 is 0 Å². The van der Waals surface area contributed by atoms with Gasteiger partial charge >= 0.3 is 0 Å². The van der Waals surface area contributed by atoms with E-state index in [0.717, 1.165) is 31.7 Å². The number of rotatable bonds is 5. The first-order valence-electron chi connectivity index (χ1n) is 7.71. The minimum absolute atomic E-state index is 0.141. The van der Waals surface area contributed by atoms with E-state index in [2.05, 4.69) is 30.9 Å². The Morgan fingerprint density at radius 2 is 2.00 bits per heavy atom. The molecular formula is C15H27N5O. The number of nitrogens with zero attached hydrogens (tertiary/aromatic N) is 4. The molecule has 21 heavy (non-hydrogen) atoms. The second-order valence-corrected chi connectivity index (χ2v) is 6.19. The zero-order valence-corrected chi connectivity index (χ0v) is 13.3. The standard InChI is InChI=1S/C15H27N5O/c1-12(2)20-11-13(10-17-20)8-14(9-16)15(21)19-6-4-18(3)5-7-19/h10-12,14H,4-9,16H2,1-3H3. The number of nitrogens with two attached hydrogens (primary N) is 1. The number of likely N-dealkylation sites (N-methyl/N-ethyl adjacent to an activating group) is 1. The molecule has 1 aromatic heterocycles. The molecule has 0 saturated carbocycles. The maximum atomic E-state index is 12.6. The summed E-state index contributed by atoms with van der Waals surface area (Å²) in [6.07, 6.45) is 4.54. The van der Waals surface area contributed by atoms with Crippen molar-refractivity contribution >= 4 is 5.91 Å². The molecule has 0 bridgehead atoms. The fraction of sp³-hybridized carbons (Fsp3) is 0.733. The van der Waals surface area contributed by atoms with Gasteiger partial charge in [-0.3, -0.25) is 9.48 Å². The van der Waals surface area contributed by atoms with Crippen LogP contribution in [0, 0.1) is 5.92 Å². The highest BCUT2D eigenvalue weighted by atomic mass is 16.2. The van der Waals surface area contributed by atoms with Crippen molar-refractivity contribution in [2.24, 2.45) is 11.7 Å². The highest BCUT2D eigenvalue weighted by Crippen LogP contribution is 2.14. The summed E-state index contributed by atoms with van der Waals surface area (Å²) in [6.45, 7) is 8.05. The topological polar surface area (TPSA) is 67.4 Å². The van der Waals surface area contributed by atoms with Crippen LogP contribution in [0.3, 0.4) is 0 Å². The van der Waals surface area contributed by atoms with Crippen molar-refractivity contribution in [2.45, 2.75) is 26.3 Å². The molecule has 1 fully saturated rings. The van der Waals surface area contributed by atoms with Crippen LogP contribution in [-0.4, -0.2) is 65.3 Å². The summed E-state index contributed by atoms with van der Waals surface area (Å²) < 4.78 is 1.92. The number of hydrogen-bond acceptors (Lipinski definition) is 4. The molecule has 0 aromatic carbocycles. The summed E-state index contributed by atoms with van der Waals surface area (Å²) in [4.78, 5) is 16.8. The van der Waals surface area contributed by atoms with Crippen LogP contribution in [0.5, 0.6) is 0 Å². The molecule has 6 heteroatoms. The number of carbonyl (C=O) groups is 1. The van der Waals surface area contributed by atoms with E-state index in [0.29, 0.717) is 19.0 Å². The van der Waals surface area contributed by atoms with Crippen molar-refractivity contribution in [3.05, 3.63) is 18.0 Å². The van der Waals surface area contributed by atoms with E-state index in [1.165, 1.54) is 0 Å². The van der Waals surface area contributed by atoms with Crippen LogP contribution in [0.4, 0.5) is 0 Å². The molecule has 6 nitrogen and oxygen atoms in total. The first-order chi connectivity index (χ1) is 10.0. The molecule has 1 amide bonds. The van der Waals surface area contributed by atoms with Crippen molar-refractivity contribution in [3.8, 4) is 0 Å². The fourth-order valence-corrected chi connectivity index (χ4v) is 2.61. The molecule has 1 saturated heterocycles. The van der Waals surface area contributed by atoms with Crippen molar-refractivity contribution in [1.82, 2.24) is 19.6 Å². The van der Waals surface area contributed by atoms with Gasteiger partial charge in [-0.2, -0.15) is 5.10 Å². The van der Waals surface area contributed by atoms with Gasteiger partial charge in [0, 0.05) is 45.0 Å². The van der Waals surface area contributed by atoms with Gasteiger partial charge < -0.3 is 15.5 Å². The van der Waals surface area contributed by atoms with Crippen molar-refractivity contribution in [3.63, 3.8) is 0 Å². The Bertz CT molecular complexity index is 462. The van der Waals surface area contributed by atoms with Gasteiger partial charge in [0.15, 0.2) is 0 Å². The van der Waals surface area contributed by atoms with Gasteiger partial charge in [-0.15, -0.1) is 0 Å². The van der Waals surface area contributed by atoms with Gasteiger partial charge in [-0.25, -0.2) is 0 Å². The number of amides is 1. The summed E-state index contributed by atoms with van der Waals surface area (Å²) in [5, 5.41) is 4.33. The zero-order valence-electron chi connectivity index (χ0n) is 13.3. The lowest BCUT2D eigenvalue weighted by Gasteiger charge is -2.34. The second-order valence-electron chi connectivity index (χ2n) is 6.19. The molecule has 0 radical (unpaired) electrons. The van der Waals surface area contributed by atoms with E-state index in [1.54, 1.807) is 0 Å². The molecule has 1 atom stereocenters.